The molecular weight excluding hydrogens is 320 g/mol. The molecule has 1 N–H and O–H groups in total. The molecular formula is C15H11BrN2O2. The van der Waals surface area contributed by atoms with Gasteiger partial charge in [-0.2, -0.15) is 0 Å². The summed E-state index contributed by atoms with van der Waals surface area (Å²) in [5.74, 6) is -0.0380. The molecule has 0 atom stereocenters. The van der Waals surface area contributed by atoms with Crippen molar-refractivity contribution >= 4 is 38.6 Å². The lowest BCUT2D eigenvalue weighted by Gasteiger charge is -2.05. The highest BCUT2D eigenvalue weighted by atomic mass is 79.9. The number of aryl methyl sites for hydroxylation is 1. The molecule has 1 amide bonds. The van der Waals surface area contributed by atoms with Gasteiger partial charge in [-0.25, -0.2) is 0 Å². The van der Waals surface area contributed by atoms with Crippen LogP contribution in [-0.4, -0.2) is 10.9 Å². The van der Waals surface area contributed by atoms with Crippen molar-refractivity contribution in [3.63, 3.8) is 0 Å². The first-order valence-corrected chi connectivity index (χ1v) is 6.85. The van der Waals surface area contributed by atoms with Crippen molar-refractivity contribution in [1.29, 1.82) is 0 Å². The number of benzene rings is 1. The van der Waals surface area contributed by atoms with E-state index < -0.39 is 0 Å². The Bertz CT molecular complexity index is 762. The Morgan fingerprint density at radius 2 is 2.15 bits per heavy atom. The van der Waals surface area contributed by atoms with Crippen LogP contribution < -0.4 is 5.32 Å². The predicted molar refractivity (Wildman–Crippen MR) is 80.8 cm³/mol. The van der Waals surface area contributed by atoms with E-state index in [2.05, 4.69) is 26.2 Å². The van der Waals surface area contributed by atoms with Gasteiger partial charge in [0.05, 0.1) is 0 Å². The van der Waals surface area contributed by atoms with Gasteiger partial charge in [0.25, 0.3) is 5.91 Å². The highest BCUT2D eigenvalue weighted by molar-refractivity contribution is 9.10. The maximum absolute atomic E-state index is 12.1. The quantitative estimate of drug-likeness (QED) is 0.767. The molecule has 0 aliphatic rings. The Morgan fingerprint density at radius 1 is 1.30 bits per heavy atom. The van der Waals surface area contributed by atoms with Gasteiger partial charge in [0, 0.05) is 22.4 Å². The Balaban J connectivity index is 1.86. The largest absolute Gasteiger partial charge is 0.449 e. The molecule has 0 aliphatic carbocycles. The van der Waals surface area contributed by atoms with Crippen molar-refractivity contribution < 1.29 is 9.21 Å². The van der Waals surface area contributed by atoms with Gasteiger partial charge in [-0.05, 0) is 42.8 Å². The fourth-order valence-electron chi connectivity index (χ4n) is 1.90. The third-order valence-electron chi connectivity index (χ3n) is 2.93. The molecule has 1 aromatic carbocycles. The van der Waals surface area contributed by atoms with Crippen molar-refractivity contribution in [2.45, 2.75) is 6.92 Å². The molecule has 3 aromatic rings. The summed E-state index contributed by atoms with van der Waals surface area (Å²) >= 11 is 3.42. The normalized spacial score (nSPS) is 10.7. The molecule has 0 radical (unpaired) electrons. The summed E-state index contributed by atoms with van der Waals surface area (Å²) in [4.78, 5) is 16.3. The molecule has 0 saturated carbocycles. The van der Waals surface area contributed by atoms with Crippen molar-refractivity contribution in [1.82, 2.24) is 4.98 Å². The maximum atomic E-state index is 12.1. The first-order valence-electron chi connectivity index (χ1n) is 6.05. The molecule has 0 saturated heterocycles. The van der Waals surface area contributed by atoms with Crippen LogP contribution in [0.1, 0.15) is 16.1 Å². The van der Waals surface area contributed by atoms with Crippen LogP contribution in [-0.2, 0) is 0 Å². The van der Waals surface area contributed by atoms with Crippen LogP contribution in [0.3, 0.4) is 0 Å². The van der Waals surface area contributed by atoms with Crippen LogP contribution in [0.5, 0.6) is 0 Å². The minimum atomic E-state index is -0.287. The van der Waals surface area contributed by atoms with Gasteiger partial charge in [-0.1, -0.05) is 15.9 Å². The molecule has 20 heavy (non-hydrogen) atoms. The first-order chi connectivity index (χ1) is 9.63. The molecule has 0 aliphatic heterocycles. The van der Waals surface area contributed by atoms with Crippen molar-refractivity contribution in [2.24, 2.45) is 0 Å². The average Bonchev–Trinajstić information content (AvgIpc) is 2.87. The number of halogens is 1. The number of aromatic nitrogens is 1. The number of hydrogen-bond donors (Lipinski definition) is 1. The van der Waals surface area contributed by atoms with Crippen molar-refractivity contribution in [2.75, 3.05) is 5.32 Å². The summed E-state index contributed by atoms with van der Waals surface area (Å²) in [6, 6.07) is 10.8. The lowest BCUT2D eigenvalue weighted by atomic mass is 10.2. The Labute approximate surface area is 123 Å². The number of furan rings is 1. The van der Waals surface area contributed by atoms with E-state index >= 15 is 0 Å². The highest BCUT2D eigenvalue weighted by Gasteiger charge is 2.13. The summed E-state index contributed by atoms with van der Waals surface area (Å²) in [7, 11) is 0. The molecule has 2 heterocycles. The molecule has 0 spiro atoms. The van der Waals surface area contributed by atoms with Gasteiger partial charge >= 0.3 is 0 Å². The summed E-state index contributed by atoms with van der Waals surface area (Å²) < 4.78 is 6.48. The van der Waals surface area contributed by atoms with Crippen molar-refractivity contribution in [3.8, 4) is 0 Å². The summed E-state index contributed by atoms with van der Waals surface area (Å²) in [6.45, 7) is 1.96. The number of nitrogens with zero attached hydrogens (tertiary/aromatic N) is 1. The Morgan fingerprint density at radius 3 is 2.90 bits per heavy atom. The van der Waals surface area contributed by atoms with E-state index in [0.29, 0.717) is 11.1 Å². The standard InChI is InChI=1S/C15H11BrN2O2/c1-9-7-10(4-5-11(9)16)18-15(19)14-8-12-13(20-14)3-2-6-17-12/h2-8H,1H3,(H,18,19). The second kappa shape index (κ2) is 5.09. The zero-order chi connectivity index (χ0) is 14.1. The van der Waals surface area contributed by atoms with E-state index in [1.54, 1.807) is 24.4 Å². The molecule has 4 nitrogen and oxygen atoms in total. The van der Waals surface area contributed by atoms with E-state index in [-0.39, 0.29) is 11.7 Å². The van der Waals surface area contributed by atoms with Gasteiger partial charge in [-0.15, -0.1) is 0 Å². The van der Waals surface area contributed by atoms with Crippen LogP contribution >= 0.6 is 15.9 Å². The molecule has 2 aromatic heterocycles. The molecule has 0 unspecified atom stereocenters. The SMILES string of the molecule is Cc1cc(NC(=O)c2cc3ncccc3o2)ccc1Br. The number of rotatable bonds is 2. The first kappa shape index (κ1) is 12.9. The van der Waals surface area contributed by atoms with Crippen LogP contribution in [0.15, 0.2) is 51.5 Å². The molecule has 5 heteroatoms. The number of carbonyl (C=O) groups is 1. The van der Waals surface area contributed by atoms with Crippen LogP contribution in [0.2, 0.25) is 0 Å². The van der Waals surface area contributed by atoms with Gasteiger partial charge in [0.2, 0.25) is 0 Å². The van der Waals surface area contributed by atoms with Gasteiger partial charge in [0.15, 0.2) is 11.3 Å². The summed E-state index contributed by atoms with van der Waals surface area (Å²) in [6.07, 6.45) is 1.66. The number of carbonyl (C=O) groups excluding carboxylic acids is 1. The molecule has 100 valence electrons. The van der Waals surface area contributed by atoms with Crippen molar-refractivity contribution in [3.05, 3.63) is 58.4 Å². The van der Waals surface area contributed by atoms with Crippen LogP contribution in [0.25, 0.3) is 11.1 Å². The minimum absolute atomic E-state index is 0.249. The number of pyridine rings is 1. The smallest absolute Gasteiger partial charge is 0.291 e. The summed E-state index contributed by atoms with van der Waals surface area (Å²) in [5.41, 5.74) is 3.05. The fourth-order valence-corrected chi connectivity index (χ4v) is 2.14. The lowest BCUT2D eigenvalue weighted by molar-refractivity contribution is 0.0998. The van der Waals surface area contributed by atoms with Gasteiger partial charge < -0.3 is 9.73 Å². The maximum Gasteiger partial charge on any atom is 0.291 e. The van der Waals surface area contributed by atoms with Crippen LogP contribution in [0, 0.1) is 6.92 Å². The Hall–Kier alpha value is -2.14. The third kappa shape index (κ3) is 2.44. The Kier molecular flexibility index (Phi) is 3.28. The number of amides is 1. The van der Waals surface area contributed by atoms with E-state index in [1.807, 2.05) is 25.1 Å². The predicted octanol–water partition coefficient (Wildman–Crippen LogP) is 4.15. The molecule has 3 rings (SSSR count). The van der Waals surface area contributed by atoms with Crippen LogP contribution in [0.4, 0.5) is 5.69 Å². The zero-order valence-electron chi connectivity index (χ0n) is 10.7. The second-order valence-corrected chi connectivity index (χ2v) is 5.27. The number of anilines is 1. The number of nitrogens with one attached hydrogen (secondary N) is 1. The average molecular weight is 331 g/mol. The minimum Gasteiger partial charge on any atom is -0.449 e. The van der Waals surface area contributed by atoms with E-state index in [0.717, 1.165) is 15.7 Å². The zero-order valence-corrected chi connectivity index (χ0v) is 12.3. The fraction of sp³-hybridized carbons (Fsp3) is 0.0667. The monoisotopic (exact) mass is 330 g/mol. The van der Waals surface area contributed by atoms with E-state index in [9.17, 15) is 4.79 Å². The van der Waals surface area contributed by atoms with E-state index in [1.165, 1.54) is 0 Å². The topological polar surface area (TPSA) is 55.1 Å². The number of fused-ring (bicyclic) bond motifs is 1. The second-order valence-electron chi connectivity index (χ2n) is 4.42. The highest BCUT2D eigenvalue weighted by Crippen LogP contribution is 2.22. The third-order valence-corrected chi connectivity index (χ3v) is 3.82. The summed E-state index contributed by atoms with van der Waals surface area (Å²) in [5, 5.41) is 2.81. The van der Waals surface area contributed by atoms with E-state index in [4.69, 9.17) is 4.42 Å². The van der Waals surface area contributed by atoms with Gasteiger partial charge in [-0.3, -0.25) is 9.78 Å². The number of hydrogen-bond acceptors (Lipinski definition) is 3. The lowest BCUT2D eigenvalue weighted by Crippen LogP contribution is -2.10. The molecule has 0 fully saturated rings. The molecule has 0 bridgehead atoms. The van der Waals surface area contributed by atoms with Gasteiger partial charge in [0.1, 0.15) is 5.52 Å².